The Kier molecular flexibility index (Phi) is 5.48. The first-order valence-corrected chi connectivity index (χ1v) is 8.22. The standard InChI is InChI=1S/C16H28N2O3/c1-12(10-15(19)20)13-6-5-9-18(11-13)16(21)17(2)14-7-3-4-8-14/h12-14H,3-11H2,1-2H3,(H,19,20). The summed E-state index contributed by atoms with van der Waals surface area (Å²) < 4.78 is 0. The Morgan fingerprint density at radius 3 is 2.52 bits per heavy atom. The second-order valence-corrected chi connectivity index (χ2v) is 6.76. The number of aliphatic carboxylic acids is 1. The van der Waals surface area contributed by atoms with Gasteiger partial charge in [0, 0.05) is 32.6 Å². The second kappa shape index (κ2) is 7.14. The number of carboxylic acid groups (broad SMARTS) is 1. The van der Waals surface area contributed by atoms with E-state index in [9.17, 15) is 9.59 Å². The van der Waals surface area contributed by atoms with Crippen molar-refractivity contribution >= 4 is 12.0 Å². The summed E-state index contributed by atoms with van der Waals surface area (Å²) in [6.45, 7) is 3.52. The van der Waals surface area contributed by atoms with Crippen LogP contribution in [0.5, 0.6) is 0 Å². The zero-order valence-electron chi connectivity index (χ0n) is 13.3. The quantitative estimate of drug-likeness (QED) is 0.867. The van der Waals surface area contributed by atoms with E-state index >= 15 is 0 Å². The smallest absolute Gasteiger partial charge is 0.319 e. The van der Waals surface area contributed by atoms with Crippen molar-refractivity contribution in [2.45, 2.75) is 57.9 Å². The van der Waals surface area contributed by atoms with Gasteiger partial charge in [-0.2, -0.15) is 0 Å². The maximum atomic E-state index is 12.6. The molecule has 5 nitrogen and oxygen atoms in total. The van der Waals surface area contributed by atoms with E-state index in [-0.39, 0.29) is 18.4 Å². The van der Waals surface area contributed by atoms with Gasteiger partial charge in [-0.05, 0) is 37.5 Å². The summed E-state index contributed by atoms with van der Waals surface area (Å²) in [6.07, 6.45) is 6.90. The number of carbonyl (C=O) groups is 2. The van der Waals surface area contributed by atoms with Gasteiger partial charge in [-0.3, -0.25) is 4.79 Å². The minimum atomic E-state index is -0.742. The Labute approximate surface area is 127 Å². The highest BCUT2D eigenvalue weighted by atomic mass is 16.4. The van der Waals surface area contributed by atoms with E-state index in [4.69, 9.17) is 5.11 Å². The Morgan fingerprint density at radius 2 is 1.90 bits per heavy atom. The fourth-order valence-electron chi connectivity index (χ4n) is 3.76. The molecule has 0 spiro atoms. The molecule has 21 heavy (non-hydrogen) atoms. The number of hydrogen-bond acceptors (Lipinski definition) is 2. The lowest BCUT2D eigenvalue weighted by atomic mass is 9.85. The fourth-order valence-corrected chi connectivity index (χ4v) is 3.76. The summed E-state index contributed by atoms with van der Waals surface area (Å²) >= 11 is 0. The minimum Gasteiger partial charge on any atom is -0.481 e. The molecular weight excluding hydrogens is 268 g/mol. The predicted octanol–water partition coefficient (Wildman–Crippen LogP) is 2.80. The van der Waals surface area contributed by atoms with Gasteiger partial charge in [-0.1, -0.05) is 19.8 Å². The van der Waals surface area contributed by atoms with Gasteiger partial charge in [0.2, 0.25) is 0 Å². The number of urea groups is 1. The average Bonchev–Trinajstić information content (AvgIpc) is 2.99. The monoisotopic (exact) mass is 296 g/mol. The lowest BCUT2D eigenvalue weighted by molar-refractivity contribution is -0.138. The van der Waals surface area contributed by atoms with Crippen LogP contribution in [0.2, 0.25) is 0 Å². The van der Waals surface area contributed by atoms with Gasteiger partial charge in [-0.25, -0.2) is 4.79 Å². The Balaban J connectivity index is 1.90. The molecule has 0 radical (unpaired) electrons. The van der Waals surface area contributed by atoms with Gasteiger partial charge in [0.05, 0.1) is 0 Å². The Hall–Kier alpha value is -1.26. The molecule has 5 heteroatoms. The van der Waals surface area contributed by atoms with E-state index in [2.05, 4.69) is 0 Å². The van der Waals surface area contributed by atoms with Crippen molar-refractivity contribution in [2.24, 2.45) is 11.8 Å². The number of amides is 2. The average molecular weight is 296 g/mol. The Bertz CT molecular complexity index is 380. The van der Waals surface area contributed by atoms with Gasteiger partial charge >= 0.3 is 12.0 Å². The number of hydrogen-bond donors (Lipinski definition) is 1. The maximum Gasteiger partial charge on any atom is 0.319 e. The van der Waals surface area contributed by atoms with Gasteiger partial charge in [-0.15, -0.1) is 0 Å². The number of carbonyl (C=O) groups excluding carboxylic acids is 1. The Morgan fingerprint density at radius 1 is 1.24 bits per heavy atom. The van der Waals surface area contributed by atoms with Crippen LogP contribution in [0.3, 0.4) is 0 Å². The first-order valence-electron chi connectivity index (χ1n) is 8.22. The molecule has 1 saturated heterocycles. The van der Waals surface area contributed by atoms with Crippen LogP contribution in [-0.2, 0) is 4.79 Å². The van der Waals surface area contributed by atoms with Gasteiger partial charge < -0.3 is 14.9 Å². The first-order chi connectivity index (χ1) is 9.99. The second-order valence-electron chi connectivity index (χ2n) is 6.76. The molecule has 0 aromatic heterocycles. The number of likely N-dealkylation sites (tertiary alicyclic amines) is 1. The summed E-state index contributed by atoms with van der Waals surface area (Å²) in [7, 11) is 1.92. The molecule has 2 amide bonds. The molecule has 0 aromatic rings. The number of rotatable bonds is 4. The van der Waals surface area contributed by atoms with Crippen LogP contribution in [-0.4, -0.2) is 53.1 Å². The summed E-state index contributed by atoms with van der Waals surface area (Å²) in [4.78, 5) is 27.3. The third-order valence-corrected chi connectivity index (χ3v) is 5.20. The van der Waals surface area contributed by atoms with E-state index in [1.807, 2.05) is 23.8 Å². The van der Waals surface area contributed by atoms with Crippen LogP contribution in [0, 0.1) is 11.8 Å². The van der Waals surface area contributed by atoms with Gasteiger partial charge in [0.1, 0.15) is 0 Å². The van der Waals surface area contributed by atoms with E-state index in [1.165, 1.54) is 12.8 Å². The lowest BCUT2D eigenvalue weighted by Crippen LogP contribution is -2.49. The van der Waals surface area contributed by atoms with Crippen LogP contribution in [0.15, 0.2) is 0 Å². The SMILES string of the molecule is CC(CC(=O)O)C1CCCN(C(=O)N(C)C2CCCC2)C1. The van der Waals surface area contributed by atoms with Crippen LogP contribution in [0.25, 0.3) is 0 Å². The summed E-state index contributed by atoms with van der Waals surface area (Å²) in [6, 6.07) is 0.531. The van der Waals surface area contributed by atoms with E-state index in [1.54, 1.807) is 0 Å². The molecule has 2 rings (SSSR count). The fraction of sp³-hybridized carbons (Fsp3) is 0.875. The highest BCUT2D eigenvalue weighted by Gasteiger charge is 2.32. The summed E-state index contributed by atoms with van der Waals surface area (Å²) in [5.41, 5.74) is 0. The van der Waals surface area contributed by atoms with Crippen molar-refractivity contribution in [3.63, 3.8) is 0 Å². The predicted molar refractivity (Wildman–Crippen MR) is 81.1 cm³/mol. The van der Waals surface area contributed by atoms with Crippen molar-refractivity contribution < 1.29 is 14.7 Å². The van der Waals surface area contributed by atoms with Crippen LogP contribution < -0.4 is 0 Å². The van der Waals surface area contributed by atoms with Crippen molar-refractivity contribution in [1.82, 2.24) is 9.80 Å². The first kappa shape index (κ1) is 16.1. The molecule has 2 unspecified atom stereocenters. The largest absolute Gasteiger partial charge is 0.481 e. The van der Waals surface area contributed by atoms with Crippen LogP contribution in [0.4, 0.5) is 4.79 Å². The van der Waals surface area contributed by atoms with E-state index < -0.39 is 5.97 Å². The molecule has 0 bridgehead atoms. The summed E-state index contributed by atoms with van der Waals surface area (Å²) in [5.74, 6) is -0.292. The zero-order chi connectivity index (χ0) is 15.4. The van der Waals surface area contributed by atoms with E-state index in [0.717, 1.165) is 32.2 Å². The third kappa shape index (κ3) is 4.11. The molecular formula is C16H28N2O3. The van der Waals surface area contributed by atoms with Crippen LogP contribution >= 0.6 is 0 Å². The van der Waals surface area contributed by atoms with Crippen molar-refractivity contribution in [3.05, 3.63) is 0 Å². The molecule has 1 aliphatic carbocycles. The number of piperidine rings is 1. The molecule has 2 fully saturated rings. The maximum absolute atomic E-state index is 12.6. The highest BCUT2D eigenvalue weighted by molar-refractivity contribution is 5.74. The van der Waals surface area contributed by atoms with Gasteiger partial charge in [0.25, 0.3) is 0 Å². The van der Waals surface area contributed by atoms with E-state index in [0.29, 0.717) is 18.5 Å². The molecule has 1 saturated carbocycles. The van der Waals surface area contributed by atoms with Crippen molar-refractivity contribution in [3.8, 4) is 0 Å². The summed E-state index contributed by atoms with van der Waals surface area (Å²) in [5, 5.41) is 8.93. The normalized spacial score (nSPS) is 24.9. The van der Waals surface area contributed by atoms with Gasteiger partial charge in [0.15, 0.2) is 0 Å². The minimum absolute atomic E-state index is 0.133. The molecule has 1 N–H and O–H groups in total. The van der Waals surface area contributed by atoms with Crippen molar-refractivity contribution in [2.75, 3.05) is 20.1 Å². The van der Waals surface area contributed by atoms with Crippen LogP contribution in [0.1, 0.15) is 51.9 Å². The van der Waals surface area contributed by atoms with Crippen molar-refractivity contribution in [1.29, 1.82) is 0 Å². The molecule has 2 aliphatic rings. The zero-order valence-corrected chi connectivity index (χ0v) is 13.3. The highest BCUT2D eigenvalue weighted by Crippen LogP contribution is 2.28. The molecule has 1 aliphatic heterocycles. The number of nitrogens with zero attached hydrogens (tertiary/aromatic N) is 2. The number of carboxylic acids is 1. The molecule has 0 aromatic carbocycles. The lowest BCUT2D eigenvalue weighted by Gasteiger charge is -2.38. The third-order valence-electron chi connectivity index (χ3n) is 5.20. The molecule has 2 atom stereocenters. The topological polar surface area (TPSA) is 60.9 Å². The molecule has 1 heterocycles. The molecule has 120 valence electrons.